The van der Waals surface area contributed by atoms with Crippen molar-refractivity contribution in [2.45, 2.75) is 93.5 Å². The molecule has 222 valence electrons. The Kier molecular flexibility index (Phi) is 7.33. The maximum atomic E-state index is 13.9. The second-order valence-electron chi connectivity index (χ2n) is 12.1. The van der Waals surface area contributed by atoms with Crippen LogP contribution >= 0.6 is 0 Å². The molecule has 12 heteroatoms. The number of alkyl halides is 5. The van der Waals surface area contributed by atoms with Crippen LogP contribution in [0.15, 0.2) is 64.5 Å². The topological polar surface area (TPSA) is 78.8 Å². The van der Waals surface area contributed by atoms with Gasteiger partial charge in [0.05, 0.1) is 10.4 Å². The average molecular weight is 598 g/mol. The third kappa shape index (κ3) is 5.52. The van der Waals surface area contributed by atoms with Crippen LogP contribution in [0.5, 0.6) is 0 Å². The van der Waals surface area contributed by atoms with Gasteiger partial charge in [-0.25, -0.2) is 17.2 Å². The Morgan fingerprint density at radius 3 is 2.22 bits per heavy atom. The molecule has 0 unspecified atom stereocenters. The second kappa shape index (κ2) is 10.1. The van der Waals surface area contributed by atoms with Gasteiger partial charge >= 0.3 is 6.18 Å². The summed E-state index contributed by atoms with van der Waals surface area (Å²) in [4.78, 5) is 17.6. The van der Waals surface area contributed by atoms with Crippen molar-refractivity contribution in [1.82, 2.24) is 9.62 Å². The molecule has 4 aliphatic rings. The smallest absolute Gasteiger partial charge is 0.366 e. The Labute approximate surface area is 236 Å². The van der Waals surface area contributed by atoms with E-state index in [4.69, 9.17) is 0 Å². The van der Waals surface area contributed by atoms with Crippen LogP contribution in [-0.2, 0) is 21.4 Å². The zero-order valence-electron chi connectivity index (χ0n) is 22.7. The van der Waals surface area contributed by atoms with Gasteiger partial charge in [-0.2, -0.15) is 17.5 Å². The number of nitrogens with zero attached hydrogens (tertiary/aromatic N) is 2. The normalized spacial score (nSPS) is 26.8. The highest BCUT2D eigenvalue weighted by atomic mass is 32.2. The summed E-state index contributed by atoms with van der Waals surface area (Å²) in [5, 5.41) is 3.31. The first-order chi connectivity index (χ1) is 19.1. The van der Waals surface area contributed by atoms with E-state index in [1.54, 1.807) is 32.0 Å². The average Bonchev–Trinajstić information content (AvgIpc) is 3.16. The van der Waals surface area contributed by atoms with E-state index < -0.39 is 51.6 Å². The van der Waals surface area contributed by atoms with Crippen molar-refractivity contribution in [2.75, 3.05) is 0 Å². The van der Waals surface area contributed by atoms with Crippen LogP contribution in [0, 0.1) is 5.41 Å². The van der Waals surface area contributed by atoms with Crippen LogP contribution < -0.4 is 5.32 Å². The highest BCUT2D eigenvalue weighted by Gasteiger charge is 2.75. The third-order valence-corrected chi connectivity index (χ3v) is 10.5. The standard InChI is InChI=1S/C29H32F5N3O3S/c1-26(2)23(22(38)9-6-14-29(32,33)34)35-25(36-26)27-16-28(17-27,18-27)37(41(39,40)21-7-4-3-5-8-21)15-19-10-12-20(13-11-19)24(30)31/h3-5,7-8,10-13,23-24H,6,9,14-18H2,1-2H3,(H,35,36)/t23-,27?,28?/m0/s1. The zero-order valence-corrected chi connectivity index (χ0v) is 23.5. The number of hydrogen-bond acceptors (Lipinski definition) is 5. The highest BCUT2D eigenvalue weighted by molar-refractivity contribution is 7.89. The summed E-state index contributed by atoms with van der Waals surface area (Å²) in [6.07, 6.45) is -7.13. The van der Waals surface area contributed by atoms with E-state index >= 15 is 0 Å². The van der Waals surface area contributed by atoms with Crippen molar-refractivity contribution in [3.8, 4) is 0 Å². The maximum absolute atomic E-state index is 13.9. The summed E-state index contributed by atoms with van der Waals surface area (Å²) in [5.74, 6) is 0.237. The number of sulfonamides is 1. The van der Waals surface area contributed by atoms with Gasteiger partial charge in [0.15, 0.2) is 5.78 Å². The largest absolute Gasteiger partial charge is 0.389 e. The van der Waals surface area contributed by atoms with Crippen molar-refractivity contribution in [2.24, 2.45) is 10.4 Å². The first kappa shape index (κ1) is 29.6. The number of hydrogen-bond donors (Lipinski definition) is 1. The lowest BCUT2D eigenvalue weighted by atomic mass is 9.38. The third-order valence-electron chi connectivity index (χ3n) is 8.49. The van der Waals surface area contributed by atoms with E-state index in [2.05, 4.69) is 10.3 Å². The van der Waals surface area contributed by atoms with E-state index in [9.17, 15) is 35.2 Å². The Bertz CT molecular complexity index is 1420. The summed E-state index contributed by atoms with van der Waals surface area (Å²) < 4.78 is 93.0. The van der Waals surface area contributed by atoms with Crippen molar-refractivity contribution < 1.29 is 35.2 Å². The highest BCUT2D eigenvalue weighted by Crippen LogP contribution is 2.71. The lowest BCUT2D eigenvalue weighted by Crippen LogP contribution is -2.78. The summed E-state index contributed by atoms with van der Waals surface area (Å²) >= 11 is 0. The molecule has 6 rings (SSSR count). The number of benzene rings is 2. The van der Waals surface area contributed by atoms with Crippen LogP contribution in [0.1, 0.15) is 69.9 Å². The molecule has 3 aliphatic carbocycles. The molecule has 6 nitrogen and oxygen atoms in total. The summed E-state index contributed by atoms with van der Waals surface area (Å²) in [7, 11) is -3.95. The first-order valence-corrected chi connectivity index (χ1v) is 14.9. The van der Waals surface area contributed by atoms with E-state index in [0.29, 0.717) is 30.7 Å². The Hall–Kier alpha value is -2.86. The van der Waals surface area contributed by atoms with Gasteiger partial charge in [0.2, 0.25) is 10.0 Å². The molecule has 1 N–H and O–H groups in total. The molecule has 1 atom stereocenters. The molecular weight excluding hydrogens is 565 g/mol. The second-order valence-corrected chi connectivity index (χ2v) is 13.9. The van der Waals surface area contributed by atoms with Gasteiger partial charge in [0, 0.05) is 35.9 Å². The molecule has 0 radical (unpaired) electrons. The minimum Gasteiger partial charge on any atom is -0.366 e. The molecule has 41 heavy (non-hydrogen) atoms. The fraction of sp³-hybridized carbons (Fsp3) is 0.517. The molecule has 2 aromatic rings. The van der Waals surface area contributed by atoms with Gasteiger partial charge in [0.1, 0.15) is 11.9 Å². The molecule has 1 heterocycles. The molecule has 2 bridgehead atoms. The Morgan fingerprint density at radius 2 is 1.66 bits per heavy atom. The molecule has 1 aliphatic heterocycles. The van der Waals surface area contributed by atoms with E-state index in [1.807, 2.05) is 0 Å². The number of rotatable bonds is 11. The minimum absolute atomic E-state index is 0.00252. The summed E-state index contributed by atoms with van der Waals surface area (Å²) in [6.45, 7) is 3.57. The minimum atomic E-state index is -4.32. The molecule has 3 saturated carbocycles. The summed E-state index contributed by atoms with van der Waals surface area (Å²) in [6, 6.07) is 12.8. The number of amidine groups is 1. The molecular formula is C29H32F5N3O3S. The van der Waals surface area contributed by atoms with Crippen molar-refractivity contribution in [3.63, 3.8) is 0 Å². The number of carbonyl (C=O) groups excluding carboxylic acids is 1. The van der Waals surface area contributed by atoms with Crippen LogP contribution in [0.3, 0.4) is 0 Å². The molecule has 0 saturated heterocycles. The monoisotopic (exact) mass is 597 g/mol. The van der Waals surface area contributed by atoms with Gasteiger partial charge in [-0.05, 0) is 57.2 Å². The lowest BCUT2D eigenvalue weighted by Gasteiger charge is -2.73. The number of aliphatic imine (C=N–C) groups is 1. The zero-order chi connectivity index (χ0) is 29.8. The molecule has 2 aromatic carbocycles. The number of ketones is 1. The van der Waals surface area contributed by atoms with Crippen molar-refractivity contribution in [3.05, 3.63) is 65.7 Å². The molecule has 0 spiro atoms. The van der Waals surface area contributed by atoms with Gasteiger partial charge in [-0.3, -0.25) is 9.79 Å². The Balaban J connectivity index is 1.35. The predicted octanol–water partition coefficient (Wildman–Crippen LogP) is 6.19. The number of carbonyl (C=O) groups is 1. The van der Waals surface area contributed by atoms with E-state index in [-0.39, 0.29) is 35.6 Å². The SMILES string of the molecule is CC1(C)NC(C23CC(N(Cc4ccc(C(F)F)cc4)S(=O)(=O)c4ccccc4)(C2)C3)=N[C@H]1C(=O)CCCC(F)(F)F. The quantitative estimate of drug-likeness (QED) is 0.314. The maximum Gasteiger partial charge on any atom is 0.389 e. The van der Waals surface area contributed by atoms with Crippen LogP contribution in [-0.4, -0.2) is 47.6 Å². The molecule has 3 fully saturated rings. The van der Waals surface area contributed by atoms with Gasteiger partial charge in [0.25, 0.3) is 6.43 Å². The van der Waals surface area contributed by atoms with E-state index in [0.717, 1.165) is 0 Å². The van der Waals surface area contributed by atoms with Gasteiger partial charge in [-0.15, -0.1) is 0 Å². The molecule has 0 amide bonds. The van der Waals surface area contributed by atoms with E-state index in [1.165, 1.54) is 40.7 Å². The fourth-order valence-corrected chi connectivity index (χ4v) is 8.23. The van der Waals surface area contributed by atoms with Gasteiger partial charge in [-0.1, -0.05) is 42.5 Å². The summed E-state index contributed by atoms with van der Waals surface area (Å²) in [5.41, 5.74) is -1.52. The first-order valence-electron chi connectivity index (χ1n) is 13.5. The van der Waals surface area contributed by atoms with Crippen molar-refractivity contribution in [1.29, 1.82) is 0 Å². The van der Waals surface area contributed by atoms with Crippen LogP contribution in [0.4, 0.5) is 22.0 Å². The number of Topliss-reactive ketones (excluding diaryl/α,β-unsaturated/α-hetero) is 1. The van der Waals surface area contributed by atoms with Crippen LogP contribution in [0.2, 0.25) is 0 Å². The van der Waals surface area contributed by atoms with Gasteiger partial charge < -0.3 is 5.32 Å². The Morgan fingerprint density at radius 1 is 1.05 bits per heavy atom. The number of nitrogens with one attached hydrogen (secondary N) is 1. The fourth-order valence-electron chi connectivity index (χ4n) is 6.45. The van der Waals surface area contributed by atoms with Crippen LogP contribution in [0.25, 0.3) is 0 Å². The predicted molar refractivity (Wildman–Crippen MR) is 143 cm³/mol. The lowest BCUT2D eigenvalue weighted by molar-refractivity contribution is -0.151. The molecule has 0 aromatic heterocycles. The number of halogens is 5. The van der Waals surface area contributed by atoms with Crippen molar-refractivity contribution >= 4 is 21.6 Å².